The van der Waals surface area contributed by atoms with Crippen molar-refractivity contribution in [2.45, 2.75) is 106 Å². The van der Waals surface area contributed by atoms with Crippen LogP contribution in [-0.4, -0.2) is 50.6 Å². The van der Waals surface area contributed by atoms with Crippen molar-refractivity contribution >= 4 is 0 Å². The summed E-state index contributed by atoms with van der Waals surface area (Å²) < 4.78 is 0. The number of hydrogen-bond acceptors (Lipinski definition) is 2. The second-order valence-electron chi connectivity index (χ2n) is 7.02. The standard InChI is InChI=1S/C11H21N.C6H15N.3C2H6/c1-12-9-7-11(8-10-12)5-3-2-4-6-11;1-4-5-6-7(2)3;3*1-2/h2-10H2,1H3;4-6H2,1-3H3;3*1-2H3. The minimum Gasteiger partial charge on any atom is -0.309 e. The van der Waals surface area contributed by atoms with E-state index in [1.807, 2.05) is 41.5 Å². The molecule has 0 unspecified atom stereocenters. The molecular weight excluding hydrogens is 304 g/mol. The van der Waals surface area contributed by atoms with Gasteiger partial charge in [-0.1, -0.05) is 74.1 Å². The van der Waals surface area contributed by atoms with Gasteiger partial charge in [-0.3, -0.25) is 0 Å². The summed E-state index contributed by atoms with van der Waals surface area (Å²) >= 11 is 0. The maximum absolute atomic E-state index is 2.49. The van der Waals surface area contributed by atoms with Gasteiger partial charge in [-0.05, 0) is 78.3 Å². The van der Waals surface area contributed by atoms with Crippen LogP contribution >= 0.6 is 0 Å². The minimum absolute atomic E-state index is 0.796. The number of hydrogen-bond donors (Lipinski definition) is 0. The summed E-state index contributed by atoms with van der Waals surface area (Å²) in [6.07, 6.45) is 13.1. The Morgan fingerprint density at radius 1 is 0.760 bits per heavy atom. The second-order valence-corrected chi connectivity index (χ2v) is 7.02. The number of nitrogens with zero attached hydrogens (tertiary/aromatic N) is 2. The zero-order valence-electron chi connectivity index (χ0n) is 19.9. The summed E-state index contributed by atoms with van der Waals surface area (Å²) in [7, 11) is 6.47. The number of likely N-dealkylation sites (tertiary alicyclic amines) is 1. The zero-order chi connectivity index (χ0) is 20.1. The molecule has 2 nitrogen and oxygen atoms in total. The van der Waals surface area contributed by atoms with Gasteiger partial charge in [0.1, 0.15) is 0 Å². The lowest BCUT2D eigenvalue weighted by atomic mass is 9.68. The van der Waals surface area contributed by atoms with Gasteiger partial charge in [0.15, 0.2) is 0 Å². The molecule has 0 atom stereocenters. The second kappa shape index (κ2) is 22.0. The van der Waals surface area contributed by atoms with Crippen LogP contribution in [0.1, 0.15) is 106 Å². The first-order valence-electron chi connectivity index (χ1n) is 11.4. The molecule has 1 saturated heterocycles. The van der Waals surface area contributed by atoms with Crippen LogP contribution in [0.25, 0.3) is 0 Å². The highest BCUT2D eigenvalue weighted by atomic mass is 15.1. The van der Waals surface area contributed by atoms with E-state index in [2.05, 4.69) is 37.9 Å². The fraction of sp³-hybridized carbons (Fsp3) is 1.00. The van der Waals surface area contributed by atoms with Gasteiger partial charge in [0, 0.05) is 0 Å². The maximum Gasteiger partial charge on any atom is -0.00165 e. The highest BCUT2D eigenvalue weighted by molar-refractivity contribution is 4.87. The first kappa shape index (κ1) is 29.7. The van der Waals surface area contributed by atoms with Crippen molar-refractivity contribution in [1.82, 2.24) is 9.80 Å². The molecule has 0 aromatic rings. The molecule has 1 aliphatic carbocycles. The molecule has 1 saturated carbocycles. The van der Waals surface area contributed by atoms with Crippen molar-refractivity contribution in [3.63, 3.8) is 0 Å². The molecule has 156 valence electrons. The number of unbranched alkanes of at least 4 members (excludes halogenated alkanes) is 1. The molecule has 2 aliphatic rings. The third-order valence-corrected chi connectivity index (χ3v) is 4.92. The van der Waals surface area contributed by atoms with Crippen LogP contribution in [0.5, 0.6) is 0 Å². The van der Waals surface area contributed by atoms with Crippen LogP contribution in [-0.2, 0) is 0 Å². The molecule has 0 aromatic carbocycles. The first-order chi connectivity index (χ1) is 12.1. The molecule has 0 aromatic heterocycles. The molecular formula is C23H54N2. The fourth-order valence-electron chi connectivity index (χ4n) is 3.37. The summed E-state index contributed by atoms with van der Waals surface area (Å²) in [5.74, 6) is 0. The average Bonchev–Trinajstić information content (AvgIpc) is 2.69. The molecule has 2 rings (SSSR count). The van der Waals surface area contributed by atoms with Gasteiger partial charge in [0.25, 0.3) is 0 Å². The Bertz CT molecular complexity index is 210. The van der Waals surface area contributed by atoms with E-state index in [1.165, 1.54) is 77.4 Å². The Balaban J connectivity index is -0.000000322. The van der Waals surface area contributed by atoms with E-state index in [9.17, 15) is 0 Å². The molecule has 2 heteroatoms. The molecule has 0 radical (unpaired) electrons. The molecule has 1 heterocycles. The highest BCUT2D eigenvalue weighted by Crippen LogP contribution is 2.44. The SMILES string of the molecule is CC.CC.CC.CCCCN(C)C.CN1CCC2(CCCCC2)CC1. The smallest absolute Gasteiger partial charge is 0.00165 e. The number of piperidine rings is 1. The van der Waals surface area contributed by atoms with Crippen molar-refractivity contribution in [2.24, 2.45) is 5.41 Å². The van der Waals surface area contributed by atoms with E-state index in [1.54, 1.807) is 0 Å². The topological polar surface area (TPSA) is 6.48 Å². The van der Waals surface area contributed by atoms with Crippen LogP contribution in [0, 0.1) is 5.41 Å². The Labute approximate surface area is 162 Å². The van der Waals surface area contributed by atoms with Crippen LogP contribution in [0.15, 0.2) is 0 Å². The summed E-state index contributed by atoms with van der Waals surface area (Å²) in [4.78, 5) is 4.70. The Morgan fingerprint density at radius 2 is 1.20 bits per heavy atom. The van der Waals surface area contributed by atoms with E-state index in [4.69, 9.17) is 0 Å². The van der Waals surface area contributed by atoms with E-state index in [0.29, 0.717) is 0 Å². The predicted molar refractivity (Wildman–Crippen MR) is 120 cm³/mol. The Hall–Kier alpha value is -0.0800. The predicted octanol–water partition coefficient (Wildman–Crippen LogP) is 7.09. The normalized spacial score (nSPS) is 18.4. The highest BCUT2D eigenvalue weighted by Gasteiger charge is 2.34. The molecule has 0 N–H and O–H groups in total. The fourth-order valence-corrected chi connectivity index (χ4v) is 3.37. The largest absolute Gasteiger partial charge is 0.309 e. The third-order valence-electron chi connectivity index (χ3n) is 4.92. The van der Waals surface area contributed by atoms with Gasteiger partial charge >= 0.3 is 0 Å². The van der Waals surface area contributed by atoms with E-state index >= 15 is 0 Å². The van der Waals surface area contributed by atoms with Crippen LogP contribution in [0.3, 0.4) is 0 Å². The summed E-state index contributed by atoms with van der Waals surface area (Å²) in [6.45, 7) is 18.1. The van der Waals surface area contributed by atoms with E-state index in [0.717, 1.165) is 5.41 Å². The van der Waals surface area contributed by atoms with Crippen LogP contribution in [0.4, 0.5) is 0 Å². The molecule has 25 heavy (non-hydrogen) atoms. The zero-order valence-corrected chi connectivity index (χ0v) is 19.9. The van der Waals surface area contributed by atoms with Crippen molar-refractivity contribution in [1.29, 1.82) is 0 Å². The molecule has 0 bridgehead atoms. The molecule has 1 spiro atoms. The van der Waals surface area contributed by atoms with E-state index in [-0.39, 0.29) is 0 Å². The number of rotatable bonds is 3. The van der Waals surface area contributed by atoms with Gasteiger partial charge < -0.3 is 9.80 Å². The lowest BCUT2D eigenvalue weighted by molar-refractivity contribution is 0.0807. The lowest BCUT2D eigenvalue weighted by Crippen LogP contribution is -2.38. The Kier molecular flexibility index (Phi) is 26.1. The maximum atomic E-state index is 2.49. The van der Waals surface area contributed by atoms with Gasteiger partial charge in [0.05, 0.1) is 0 Å². The summed E-state index contributed by atoms with van der Waals surface area (Å²) in [6, 6.07) is 0. The van der Waals surface area contributed by atoms with Crippen molar-refractivity contribution in [3.8, 4) is 0 Å². The van der Waals surface area contributed by atoms with Crippen molar-refractivity contribution < 1.29 is 0 Å². The Morgan fingerprint density at radius 3 is 1.52 bits per heavy atom. The van der Waals surface area contributed by atoms with Crippen LogP contribution in [0.2, 0.25) is 0 Å². The molecule has 2 fully saturated rings. The van der Waals surface area contributed by atoms with Gasteiger partial charge in [-0.2, -0.15) is 0 Å². The monoisotopic (exact) mass is 358 g/mol. The van der Waals surface area contributed by atoms with Gasteiger partial charge in [-0.15, -0.1) is 0 Å². The summed E-state index contributed by atoms with van der Waals surface area (Å²) in [5, 5.41) is 0. The van der Waals surface area contributed by atoms with Gasteiger partial charge in [0.2, 0.25) is 0 Å². The van der Waals surface area contributed by atoms with Crippen molar-refractivity contribution in [3.05, 3.63) is 0 Å². The molecule has 0 amide bonds. The quantitative estimate of drug-likeness (QED) is 0.531. The summed E-state index contributed by atoms with van der Waals surface area (Å²) in [5.41, 5.74) is 0.796. The first-order valence-corrected chi connectivity index (χ1v) is 11.4. The molecule has 1 aliphatic heterocycles. The van der Waals surface area contributed by atoms with E-state index < -0.39 is 0 Å². The van der Waals surface area contributed by atoms with Crippen LogP contribution < -0.4 is 0 Å². The third kappa shape index (κ3) is 17.1. The lowest BCUT2D eigenvalue weighted by Gasteiger charge is -2.43. The minimum atomic E-state index is 0.796. The van der Waals surface area contributed by atoms with Gasteiger partial charge in [-0.25, -0.2) is 0 Å². The average molecular weight is 359 g/mol. The van der Waals surface area contributed by atoms with Crippen molar-refractivity contribution in [2.75, 3.05) is 40.8 Å².